The van der Waals surface area contributed by atoms with E-state index in [1.807, 2.05) is 20.8 Å². The van der Waals surface area contributed by atoms with Crippen molar-refractivity contribution in [2.24, 2.45) is 0 Å². The van der Waals surface area contributed by atoms with Crippen LogP contribution in [0.25, 0.3) is 0 Å². The quantitative estimate of drug-likeness (QED) is 0.688. The minimum absolute atomic E-state index is 0.0158. The van der Waals surface area contributed by atoms with E-state index >= 15 is 0 Å². The van der Waals surface area contributed by atoms with Crippen molar-refractivity contribution < 1.29 is 9.90 Å². The number of hydrogen-bond acceptors (Lipinski definition) is 3. The summed E-state index contributed by atoms with van der Waals surface area (Å²) < 4.78 is 0. The molecule has 1 aromatic rings. The molecule has 5 heteroatoms. The summed E-state index contributed by atoms with van der Waals surface area (Å²) in [6.07, 6.45) is 1.78. The van der Waals surface area contributed by atoms with Gasteiger partial charge in [-0.15, -0.1) is 0 Å². The first-order valence-electron chi connectivity index (χ1n) is 5.99. The number of aromatic amines is 1. The lowest BCUT2D eigenvalue weighted by atomic mass is 10.1. The van der Waals surface area contributed by atoms with E-state index in [0.29, 0.717) is 12.8 Å². The Kier molecular flexibility index (Phi) is 5.15. The SMILES string of the molecule is CCC(CCO)NC(=O)Cc1c(C)n[nH]c1C. The Bertz CT molecular complexity index is 354. The lowest BCUT2D eigenvalue weighted by Gasteiger charge is -2.15. The van der Waals surface area contributed by atoms with Crippen molar-refractivity contribution in [2.75, 3.05) is 6.61 Å². The molecule has 1 atom stereocenters. The van der Waals surface area contributed by atoms with Crippen LogP contribution in [0.3, 0.4) is 0 Å². The minimum atomic E-state index is -0.0158. The van der Waals surface area contributed by atoms with Gasteiger partial charge in [-0.3, -0.25) is 9.89 Å². The highest BCUT2D eigenvalue weighted by Gasteiger charge is 2.14. The van der Waals surface area contributed by atoms with Crippen molar-refractivity contribution in [3.63, 3.8) is 0 Å². The summed E-state index contributed by atoms with van der Waals surface area (Å²) in [5.74, 6) is -0.0158. The Balaban J connectivity index is 2.55. The number of aryl methyl sites for hydroxylation is 2. The lowest BCUT2D eigenvalue weighted by molar-refractivity contribution is -0.121. The van der Waals surface area contributed by atoms with Gasteiger partial charge in [-0.1, -0.05) is 6.92 Å². The fourth-order valence-corrected chi connectivity index (χ4v) is 1.81. The molecule has 1 unspecified atom stereocenters. The van der Waals surface area contributed by atoms with Crippen LogP contribution in [0, 0.1) is 13.8 Å². The van der Waals surface area contributed by atoms with Gasteiger partial charge in [0.1, 0.15) is 0 Å². The lowest BCUT2D eigenvalue weighted by Crippen LogP contribution is -2.36. The maximum Gasteiger partial charge on any atom is 0.224 e. The molecule has 0 saturated heterocycles. The molecule has 0 spiro atoms. The van der Waals surface area contributed by atoms with Crippen molar-refractivity contribution in [1.29, 1.82) is 0 Å². The third-order valence-corrected chi connectivity index (χ3v) is 2.95. The maximum atomic E-state index is 11.8. The molecule has 0 radical (unpaired) electrons. The van der Waals surface area contributed by atoms with Gasteiger partial charge in [0, 0.05) is 23.9 Å². The van der Waals surface area contributed by atoms with E-state index in [4.69, 9.17) is 5.11 Å². The van der Waals surface area contributed by atoms with Crippen LogP contribution in [0.4, 0.5) is 0 Å². The smallest absolute Gasteiger partial charge is 0.224 e. The summed E-state index contributed by atoms with van der Waals surface area (Å²) in [5.41, 5.74) is 2.77. The van der Waals surface area contributed by atoms with Crippen LogP contribution in [-0.4, -0.2) is 33.9 Å². The van der Waals surface area contributed by atoms with Crippen molar-refractivity contribution >= 4 is 5.91 Å². The normalized spacial score (nSPS) is 12.5. The van der Waals surface area contributed by atoms with E-state index in [1.54, 1.807) is 0 Å². The molecule has 1 aromatic heterocycles. The highest BCUT2D eigenvalue weighted by molar-refractivity contribution is 5.79. The van der Waals surface area contributed by atoms with Gasteiger partial charge >= 0.3 is 0 Å². The molecule has 0 aromatic carbocycles. The third kappa shape index (κ3) is 3.85. The Morgan fingerprint density at radius 3 is 2.71 bits per heavy atom. The molecule has 5 nitrogen and oxygen atoms in total. The summed E-state index contributed by atoms with van der Waals surface area (Å²) in [6, 6.07) is 0.0556. The first kappa shape index (κ1) is 13.7. The molecule has 0 bridgehead atoms. The fraction of sp³-hybridized carbons (Fsp3) is 0.667. The van der Waals surface area contributed by atoms with Crippen molar-refractivity contribution in [1.82, 2.24) is 15.5 Å². The number of aliphatic hydroxyl groups is 1. The summed E-state index contributed by atoms with van der Waals surface area (Å²) in [4.78, 5) is 11.8. The van der Waals surface area contributed by atoms with Crippen LogP contribution in [0.1, 0.15) is 36.7 Å². The van der Waals surface area contributed by atoms with Crippen LogP contribution < -0.4 is 5.32 Å². The van der Waals surface area contributed by atoms with Crippen molar-refractivity contribution in [3.8, 4) is 0 Å². The van der Waals surface area contributed by atoms with E-state index in [9.17, 15) is 4.79 Å². The van der Waals surface area contributed by atoms with Gasteiger partial charge < -0.3 is 10.4 Å². The highest BCUT2D eigenvalue weighted by Crippen LogP contribution is 2.10. The Morgan fingerprint density at radius 1 is 1.53 bits per heavy atom. The summed E-state index contributed by atoms with van der Waals surface area (Å²) in [7, 11) is 0. The van der Waals surface area contributed by atoms with Crippen LogP contribution >= 0.6 is 0 Å². The van der Waals surface area contributed by atoms with Gasteiger partial charge in [0.25, 0.3) is 0 Å². The molecule has 17 heavy (non-hydrogen) atoms. The predicted molar refractivity (Wildman–Crippen MR) is 65.7 cm³/mol. The van der Waals surface area contributed by atoms with Crippen LogP contribution in [0.5, 0.6) is 0 Å². The molecule has 3 N–H and O–H groups in total. The van der Waals surface area contributed by atoms with Crippen LogP contribution in [-0.2, 0) is 11.2 Å². The Labute approximate surface area is 102 Å². The monoisotopic (exact) mass is 239 g/mol. The molecule has 0 aliphatic rings. The Hall–Kier alpha value is -1.36. The van der Waals surface area contributed by atoms with Gasteiger partial charge in [0.05, 0.1) is 12.1 Å². The second-order valence-electron chi connectivity index (χ2n) is 4.27. The predicted octanol–water partition coefficient (Wildman–Crippen LogP) is 0.846. The average Bonchev–Trinajstić information content (AvgIpc) is 2.60. The molecular formula is C12H21N3O2. The van der Waals surface area contributed by atoms with E-state index < -0.39 is 0 Å². The standard InChI is InChI=1S/C12H21N3O2/c1-4-10(5-6-16)13-12(17)7-11-8(2)14-15-9(11)3/h10,16H,4-7H2,1-3H3,(H,13,17)(H,14,15). The maximum absolute atomic E-state index is 11.8. The number of aromatic nitrogens is 2. The van der Waals surface area contributed by atoms with E-state index in [0.717, 1.165) is 23.4 Å². The number of amides is 1. The van der Waals surface area contributed by atoms with E-state index in [1.165, 1.54) is 0 Å². The number of rotatable bonds is 6. The number of carbonyl (C=O) groups is 1. The zero-order valence-corrected chi connectivity index (χ0v) is 10.7. The van der Waals surface area contributed by atoms with Gasteiger partial charge in [0.15, 0.2) is 0 Å². The zero-order chi connectivity index (χ0) is 12.8. The molecule has 0 aliphatic heterocycles. The number of hydrogen-bond donors (Lipinski definition) is 3. The van der Waals surface area contributed by atoms with Crippen LogP contribution in [0.15, 0.2) is 0 Å². The molecule has 96 valence electrons. The topological polar surface area (TPSA) is 78.0 Å². The molecule has 1 rings (SSSR count). The zero-order valence-electron chi connectivity index (χ0n) is 10.7. The van der Waals surface area contributed by atoms with Crippen molar-refractivity contribution in [2.45, 2.75) is 46.1 Å². The van der Waals surface area contributed by atoms with Crippen LogP contribution in [0.2, 0.25) is 0 Å². The fourth-order valence-electron chi connectivity index (χ4n) is 1.81. The first-order chi connectivity index (χ1) is 8.08. The Morgan fingerprint density at radius 2 is 2.24 bits per heavy atom. The summed E-state index contributed by atoms with van der Waals surface area (Å²) >= 11 is 0. The minimum Gasteiger partial charge on any atom is -0.396 e. The largest absolute Gasteiger partial charge is 0.396 e. The van der Waals surface area contributed by atoms with Gasteiger partial charge in [-0.25, -0.2) is 0 Å². The average molecular weight is 239 g/mol. The molecular weight excluding hydrogens is 218 g/mol. The number of carbonyl (C=O) groups excluding carboxylic acids is 1. The first-order valence-corrected chi connectivity index (χ1v) is 5.99. The van der Waals surface area contributed by atoms with E-state index in [-0.39, 0.29) is 18.6 Å². The van der Waals surface area contributed by atoms with Gasteiger partial charge in [0.2, 0.25) is 5.91 Å². The molecule has 0 saturated carbocycles. The molecule has 1 amide bonds. The van der Waals surface area contributed by atoms with Gasteiger partial charge in [-0.05, 0) is 26.7 Å². The number of aliphatic hydroxyl groups excluding tert-OH is 1. The second-order valence-corrected chi connectivity index (χ2v) is 4.27. The highest BCUT2D eigenvalue weighted by atomic mass is 16.3. The molecule has 0 fully saturated rings. The second kappa shape index (κ2) is 6.39. The summed E-state index contributed by atoms with van der Waals surface area (Å²) in [5, 5.41) is 18.7. The molecule has 1 heterocycles. The molecule has 0 aliphatic carbocycles. The number of nitrogens with one attached hydrogen (secondary N) is 2. The summed E-state index contributed by atoms with van der Waals surface area (Å²) in [6.45, 7) is 5.89. The number of H-pyrrole nitrogens is 1. The number of nitrogens with zero attached hydrogens (tertiary/aromatic N) is 1. The van der Waals surface area contributed by atoms with Gasteiger partial charge in [-0.2, -0.15) is 5.10 Å². The third-order valence-electron chi connectivity index (χ3n) is 2.95. The van der Waals surface area contributed by atoms with E-state index in [2.05, 4.69) is 15.5 Å². The van der Waals surface area contributed by atoms with Crippen molar-refractivity contribution in [3.05, 3.63) is 17.0 Å².